The lowest BCUT2D eigenvalue weighted by molar-refractivity contribution is -0.192. The molecule has 2 fully saturated rings. The standard InChI is InChI=1S/C18H23N3O3S.C2HF3O2/c1-14-15(2-7-24-14)17(22)21-6-8-23-13-18(12-21)3-5-20(11-18)10-16-19-4-9-25-16;3-2(4,5)1(6)7/h2,4,7,9H,3,5-6,8,10-13H2,1H3;(H,6,7). The van der Waals surface area contributed by atoms with Crippen LogP contribution in [-0.2, 0) is 16.1 Å². The molecule has 0 radical (unpaired) electrons. The first kappa shape index (κ1) is 24.2. The first-order valence-electron chi connectivity index (χ1n) is 9.92. The van der Waals surface area contributed by atoms with E-state index in [0.717, 1.165) is 44.2 Å². The van der Waals surface area contributed by atoms with Gasteiger partial charge >= 0.3 is 12.1 Å². The maximum Gasteiger partial charge on any atom is 0.490 e. The Balaban J connectivity index is 0.000000360. The number of nitrogens with zero attached hydrogens (tertiary/aromatic N) is 3. The number of aliphatic carboxylic acids is 1. The van der Waals surface area contributed by atoms with E-state index in [1.807, 2.05) is 23.4 Å². The van der Waals surface area contributed by atoms with Crippen LogP contribution >= 0.6 is 11.3 Å². The van der Waals surface area contributed by atoms with Crippen molar-refractivity contribution in [3.63, 3.8) is 0 Å². The number of hydrogen-bond donors (Lipinski definition) is 1. The number of furan rings is 1. The van der Waals surface area contributed by atoms with Gasteiger partial charge in [-0.25, -0.2) is 9.78 Å². The molecule has 0 bridgehead atoms. The molecule has 8 nitrogen and oxygen atoms in total. The average Bonchev–Trinajstić information content (AvgIpc) is 3.43. The van der Waals surface area contributed by atoms with Crippen molar-refractivity contribution in [2.24, 2.45) is 5.41 Å². The molecule has 0 saturated carbocycles. The number of likely N-dealkylation sites (tertiary alicyclic amines) is 1. The zero-order chi connectivity index (χ0) is 23.4. The van der Waals surface area contributed by atoms with E-state index in [1.165, 1.54) is 0 Å². The lowest BCUT2D eigenvalue weighted by Gasteiger charge is -2.31. The Morgan fingerprint density at radius 2 is 2.06 bits per heavy atom. The lowest BCUT2D eigenvalue weighted by Crippen LogP contribution is -2.43. The average molecular weight is 475 g/mol. The second-order valence-corrected chi connectivity index (χ2v) is 8.84. The van der Waals surface area contributed by atoms with E-state index >= 15 is 0 Å². The van der Waals surface area contributed by atoms with Gasteiger partial charge in [-0.2, -0.15) is 13.2 Å². The smallest absolute Gasteiger partial charge is 0.475 e. The Hall–Kier alpha value is -2.44. The highest BCUT2D eigenvalue weighted by Crippen LogP contribution is 2.35. The van der Waals surface area contributed by atoms with E-state index in [4.69, 9.17) is 19.1 Å². The normalized spacial score (nSPS) is 21.8. The molecule has 2 saturated heterocycles. The molecule has 4 rings (SSSR count). The van der Waals surface area contributed by atoms with Crippen LogP contribution in [0.4, 0.5) is 13.2 Å². The highest BCUT2D eigenvalue weighted by atomic mass is 32.1. The molecule has 0 aromatic carbocycles. The number of aryl methyl sites for hydroxylation is 1. The largest absolute Gasteiger partial charge is 0.490 e. The van der Waals surface area contributed by atoms with Gasteiger partial charge in [0, 0.05) is 36.6 Å². The molecular formula is C20H24F3N3O5S. The first-order valence-corrected chi connectivity index (χ1v) is 10.8. The summed E-state index contributed by atoms with van der Waals surface area (Å²) in [5.74, 6) is -2.02. The zero-order valence-corrected chi connectivity index (χ0v) is 18.2. The van der Waals surface area contributed by atoms with Crippen LogP contribution in [0.1, 0.15) is 27.5 Å². The van der Waals surface area contributed by atoms with E-state index in [-0.39, 0.29) is 11.3 Å². The third kappa shape index (κ3) is 6.08. The summed E-state index contributed by atoms with van der Waals surface area (Å²) < 4.78 is 42.9. The minimum absolute atomic E-state index is 0.0149. The number of carbonyl (C=O) groups excluding carboxylic acids is 1. The number of halogens is 3. The van der Waals surface area contributed by atoms with Gasteiger partial charge in [0.2, 0.25) is 0 Å². The first-order chi connectivity index (χ1) is 15.1. The summed E-state index contributed by atoms with van der Waals surface area (Å²) in [6.45, 7) is 7.38. The minimum atomic E-state index is -5.08. The van der Waals surface area contributed by atoms with Crippen molar-refractivity contribution >= 4 is 23.2 Å². The van der Waals surface area contributed by atoms with Gasteiger partial charge in [0.25, 0.3) is 5.91 Å². The molecule has 4 heterocycles. The van der Waals surface area contributed by atoms with Crippen molar-refractivity contribution in [1.29, 1.82) is 0 Å². The van der Waals surface area contributed by atoms with Crippen LogP contribution in [0.2, 0.25) is 0 Å². The number of carbonyl (C=O) groups is 2. The van der Waals surface area contributed by atoms with Gasteiger partial charge in [-0.1, -0.05) is 0 Å². The number of carboxylic acid groups (broad SMARTS) is 1. The fraction of sp³-hybridized carbons (Fsp3) is 0.550. The molecule has 176 valence electrons. The minimum Gasteiger partial charge on any atom is -0.475 e. The number of amides is 1. The van der Waals surface area contributed by atoms with Gasteiger partial charge < -0.3 is 19.2 Å². The third-order valence-electron chi connectivity index (χ3n) is 5.42. The predicted molar refractivity (Wildman–Crippen MR) is 108 cm³/mol. The Bertz CT molecular complexity index is 918. The Morgan fingerprint density at radius 3 is 2.66 bits per heavy atom. The highest BCUT2D eigenvalue weighted by molar-refractivity contribution is 7.09. The predicted octanol–water partition coefficient (Wildman–Crippen LogP) is 3.04. The second kappa shape index (κ2) is 10.0. The molecule has 2 aromatic heterocycles. The maximum absolute atomic E-state index is 12.9. The monoisotopic (exact) mass is 475 g/mol. The van der Waals surface area contributed by atoms with Gasteiger partial charge in [-0.05, 0) is 26.0 Å². The summed E-state index contributed by atoms with van der Waals surface area (Å²) in [6, 6.07) is 1.76. The molecule has 2 aromatic rings. The summed E-state index contributed by atoms with van der Waals surface area (Å²) in [5, 5.41) is 10.3. The second-order valence-electron chi connectivity index (χ2n) is 7.86. The van der Waals surface area contributed by atoms with Crippen LogP contribution in [0.15, 0.2) is 28.3 Å². The van der Waals surface area contributed by atoms with Gasteiger partial charge in [0.05, 0.1) is 31.6 Å². The molecule has 1 amide bonds. The van der Waals surface area contributed by atoms with Crippen LogP contribution < -0.4 is 0 Å². The van der Waals surface area contributed by atoms with Crippen molar-refractivity contribution in [1.82, 2.24) is 14.8 Å². The van der Waals surface area contributed by atoms with Gasteiger partial charge in [-0.15, -0.1) is 11.3 Å². The van der Waals surface area contributed by atoms with Gasteiger partial charge in [0.1, 0.15) is 10.8 Å². The Labute approximate surface area is 186 Å². The van der Waals surface area contributed by atoms with Crippen molar-refractivity contribution in [3.8, 4) is 0 Å². The Morgan fingerprint density at radius 1 is 1.31 bits per heavy atom. The van der Waals surface area contributed by atoms with Crippen molar-refractivity contribution in [3.05, 3.63) is 40.2 Å². The molecule has 32 heavy (non-hydrogen) atoms. The van der Waals surface area contributed by atoms with Crippen LogP contribution in [0, 0.1) is 12.3 Å². The SMILES string of the molecule is Cc1occc1C(=O)N1CCOCC2(CCN(Cc3nccs3)C2)C1.O=C(O)C(F)(F)F. The van der Waals surface area contributed by atoms with Crippen molar-refractivity contribution in [2.45, 2.75) is 26.1 Å². The quantitative estimate of drug-likeness (QED) is 0.729. The zero-order valence-electron chi connectivity index (χ0n) is 17.4. The molecule has 1 spiro atoms. The van der Waals surface area contributed by atoms with Crippen LogP contribution in [0.3, 0.4) is 0 Å². The van der Waals surface area contributed by atoms with E-state index in [0.29, 0.717) is 24.5 Å². The molecule has 2 aliphatic heterocycles. The number of alkyl halides is 3. The lowest BCUT2D eigenvalue weighted by atomic mass is 9.87. The molecule has 12 heteroatoms. The molecule has 2 aliphatic rings. The summed E-state index contributed by atoms with van der Waals surface area (Å²) in [6.07, 6.45) is -0.598. The summed E-state index contributed by atoms with van der Waals surface area (Å²) in [5.41, 5.74) is 0.677. The molecule has 1 atom stereocenters. The summed E-state index contributed by atoms with van der Waals surface area (Å²) >= 11 is 1.70. The van der Waals surface area contributed by atoms with E-state index in [9.17, 15) is 18.0 Å². The molecule has 0 aliphatic carbocycles. The van der Waals surface area contributed by atoms with Gasteiger partial charge in [0.15, 0.2) is 0 Å². The third-order valence-corrected chi connectivity index (χ3v) is 6.18. The summed E-state index contributed by atoms with van der Waals surface area (Å²) in [4.78, 5) is 30.6. The number of hydrogen-bond acceptors (Lipinski definition) is 7. The van der Waals surface area contributed by atoms with Crippen molar-refractivity contribution in [2.75, 3.05) is 39.4 Å². The van der Waals surface area contributed by atoms with E-state index in [1.54, 1.807) is 23.7 Å². The maximum atomic E-state index is 12.9. The molecule has 1 N–H and O–H groups in total. The van der Waals surface area contributed by atoms with Crippen LogP contribution in [0.25, 0.3) is 0 Å². The number of ether oxygens (including phenoxy) is 1. The molecule has 1 unspecified atom stereocenters. The molecular weight excluding hydrogens is 451 g/mol. The number of aromatic nitrogens is 1. The van der Waals surface area contributed by atoms with Crippen LogP contribution in [-0.4, -0.2) is 77.3 Å². The highest BCUT2D eigenvalue weighted by Gasteiger charge is 2.42. The van der Waals surface area contributed by atoms with Crippen LogP contribution in [0.5, 0.6) is 0 Å². The summed E-state index contributed by atoms with van der Waals surface area (Å²) in [7, 11) is 0. The van der Waals surface area contributed by atoms with E-state index in [2.05, 4.69) is 9.88 Å². The Kier molecular flexibility index (Phi) is 7.57. The van der Waals surface area contributed by atoms with Crippen molar-refractivity contribution < 1.29 is 37.0 Å². The van der Waals surface area contributed by atoms with E-state index < -0.39 is 12.1 Å². The van der Waals surface area contributed by atoms with Gasteiger partial charge in [-0.3, -0.25) is 9.69 Å². The fourth-order valence-corrected chi connectivity index (χ4v) is 4.53. The topological polar surface area (TPSA) is 96.1 Å². The number of rotatable bonds is 3. The fourth-order valence-electron chi connectivity index (χ4n) is 3.88. The number of carboxylic acids is 1. The number of thiazole rings is 1.